The molecule has 4 heteroatoms. The van der Waals surface area contributed by atoms with Crippen molar-refractivity contribution in [1.29, 1.82) is 0 Å². The Hall–Kier alpha value is -0.970. The lowest BCUT2D eigenvalue weighted by Gasteiger charge is -2.11. The van der Waals surface area contributed by atoms with Crippen molar-refractivity contribution in [2.75, 3.05) is 40.5 Å². The van der Waals surface area contributed by atoms with Crippen LogP contribution in [0, 0.1) is 0 Å². The van der Waals surface area contributed by atoms with E-state index in [1.54, 1.807) is 0 Å². The molecule has 0 aromatic carbocycles. The van der Waals surface area contributed by atoms with Crippen molar-refractivity contribution in [3.63, 3.8) is 0 Å². The second-order valence-corrected chi connectivity index (χ2v) is 5.17. The highest BCUT2D eigenvalue weighted by Gasteiger charge is 2.02. The van der Waals surface area contributed by atoms with E-state index in [2.05, 4.69) is 56.0 Å². The molecular weight excluding hydrogens is 240 g/mol. The maximum absolute atomic E-state index is 4.94. The van der Waals surface area contributed by atoms with Gasteiger partial charge < -0.3 is 14.4 Å². The van der Waals surface area contributed by atoms with Crippen LogP contribution in [0.1, 0.15) is 31.2 Å². The van der Waals surface area contributed by atoms with Gasteiger partial charge in [-0.15, -0.1) is 0 Å². The minimum absolute atomic E-state index is 0.516. The molecule has 1 aromatic heterocycles. The van der Waals surface area contributed by atoms with Gasteiger partial charge in [-0.25, -0.2) is 0 Å². The molecule has 1 aliphatic rings. The zero-order chi connectivity index (χ0) is 14.1. The zero-order valence-corrected chi connectivity index (χ0v) is 12.6. The standard InChI is InChI=1S/C11H18N2.C4H8O2/c1-9(2)11-7-5-6-10(12-11)8-13(3)4;1-2-6-4-3-5-1/h5-7,9H,8H2,1-4H3;1-4H2. The highest BCUT2D eigenvalue weighted by Crippen LogP contribution is 2.11. The molecule has 108 valence electrons. The van der Waals surface area contributed by atoms with Crippen molar-refractivity contribution in [2.24, 2.45) is 0 Å². The van der Waals surface area contributed by atoms with Gasteiger partial charge in [0.25, 0.3) is 0 Å². The molecular formula is C15H26N2O2. The quantitative estimate of drug-likeness (QED) is 0.841. The minimum atomic E-state index is 0.516. The molecule has 0 amide bonds. The van der Waals surface area contributed by atoms with Gasteiger partial charge in [0.15, 0.2) is 0 Å². The summed E-state index contributed by atoms with van der Waals surface area (Å²) in [5.41, 5.74) is 2.33. The molecule has 1 saturated heterocycles. The topological polar surface area (TPSA) is 34.6 Å². The summed E-state index contributed by atoms with van der Waals surface area (Å²) in [4.78, 5) is 6.70. The van der Waals surface area contributed by atoms with Crippen molar-refractivity contribution in [2.45, 2.75) is 26.3 Å². The summed E-state index contributed by atoms with van der Waals surface area (Å²) in [5, 5.41) is 0. The molecule has 2 heterocycles. The third kappa shape index (κ3) is 7.25. The first-order valence-electron chi connectivity index (χ1n) is 6.85. The number of aromatic nitrogens is 1. The average Bonchev–Trinajstić information content (AvgIpc) is 2.41. The molecule has 0 atom stereocenters. The number of rotatable bonds is 3. The first-order chi connectivity index (χ1) is 9.09. The molecule has 0 saturated carbocycles. The second kappa shape index (κ2) is 9.02. The monoisotopic (exact) mass is 266 g/mol. The predicted molar refractivity (Wildman–Crippen MR) is 77.4 cm³/mol. The summed E-state index contributed by atoms with van der Waals surface area (Å²) >= 11 is 0. The maximum atomic E-state index is 4.94. The van der Waals surface area contributed by atoms with Crippen molar-refractivity contribution in [3.8, 4) is 0 Å². The van der Waals surface area contributed by atoms with Crippen LogP contribution in [0.15, 0.2) is 18.2 Å². The molecule has 4 nitrogen and oxygen atoms in total. The summed E-state index contributed by atoms with van der Waals surface area (Å²) in [6.45, 7) is 8.37. The Balaban J connectivity index is 0.000000250. The summed E-state index contributed by atoms with van der Waals surface area (Å²) < 4.78 is 9.89. The fourth-order valence-electron chi connectivity index (χ4n) is 1.67. The smallest absolute Gasteiger partial charge is 0.0701 e. The Labute approximate surface area is 116 Å². The van der Waals surface area contributed by atoms with Gasteiger partial charge in [-0.05, 0) is 32.1 Å². The van der Waals surface area contributed by atoms with Crippen molar-refractivity contribution >= 4 is 0 Å². The largest absolute Gasteiger partial charge is 0.377 e. The Bertz CT molecular complexity index is 338. The lowest BCUT2D eigenvalue weighted by molar-refractivity contribution is -0.0334. The van der Waals surface area contributed by atoms with Crippen LogP contribution in [-0.4, -0.2) is 50.4 Å². The summed E-state index contributed by atoms with van der Waals surface area (Å²) in [6, 6.07) is 6.25. The number of pyridine rings is 1. The second-order valence-electron chi connectivity index (χ2n) is 5.17. The van der Waals surface area contributed by atoms with E-state index in [9.17, 15) is 0 Å². The Morgan fingerprint density at radius 1 is 1.11 bits per heavy atom. The highest BCUT2D eigenvalue weighted by molar-refractivity contribution is 5.13. The van der Waals surface area contributed by atoms with Gasteiger partial charge in [0.2, 0.25) is 0 Å². The molecule has 1 aliphatic heterocycles. The van der Waals surface area contributed by atoms with Crippen LogP contribution in [0.2, 0.25) is 0 Å². The molecule has 1 aromatic rings. The Morgan fingerprint density at radius 3 is 2.11 bits per heavy atom. The molecule has 0 bridgehead atoms. The van der Waals surface area contributed by atoms with Gasteiger partial charge in [-0.2, -0.15) is 0 Å². The molecule has 0 radical (unpaired) electrons. The van der Waals surface area contributed by atoms with E-state index in [0.29, 0.717) is 5.92 Å². The summed E-state index contributed by atoms with van der Waals surface area (Å²) in [7, 11) is 4.12. The third-order valence-electron chi connectivity index (χ3n) is 2.64. The molecule has 19 heavy (non-hydrogen) atoms. The van der Waals surface area contributed by atoms with Crippen LogP contribution in [0.3, 0.4) is 0 Å². The molecule has 0 aliphatic carbocycles. The predicted octanol–water partition coefficient (Wildman–Crippen LogP) is 2.30. The number of hydrogen-bond acceptors (Lipinski definition) is 4. The number of ether oxygens (including phenoxy) is 2. The van der Waals surface area contributed by atoms with E-state index in [4.69, 9.17) is 9.47 Å². The van der Waals surface area contributed by atoms with Crippen LogP contribution < -0.4 is 0 Å². The van der Waals surface area contributed by atoms with Gasteiger partial charge in [0.1, 0.15) is 0 Å². The summed E-state index contributed by atoms with van der Waals surface area (Å²) in [6.07, 6.45) is 0. The van der Waals surface area contributed by atoms with Gasteiger partial charge in [-0.1, -0.05) is 19.9 Å². The Morgan fingerprint density at radius 2 is 1.68 bits per heavy atom. The van der Waals surface area contributed by atoms with Crippen LogP contribution in [0.25, 0.3) is 0 Å². The van der Waals surface area contributed by atoms with E-state index >= 15 is 0 Å². The van der Waals surface area contributed by atoms with Gasteiger partial charge in [-0.3, -0.25) is 4.98 Å². The summed E-state index contributed by atoms with van der Waals surface area (Å²) in [5.74, 6) is 0.516. The first-order valence-corrected chi connectivity index (χ1v) is 6.85. The fraction of sp³-hybridized carbons (Fsp3) is 0.667. The SMILES string of the molecule is C1COCCO1.CC(C)c1cccc(CN(C)C)n1. The van der Waals surface area contributed by atoms with Gasteiger partial charge >= 0.3 is 0 Å². The lowest BCUT2D eigenvalue weighted by atomic mass is 10.1. The van der Waals surface area contributed by atoms with Gasteiger partial charge in [0.05, 0.1) is 32.1 Å². The first kappa shape index (κ1) is 16.1. The van der Waals surface area contributed by atoms with Crippen LogP contribution in [0.4, 0.5) is 0 Å². The number of hydrogen-bond donors (Lipinski definition) is 0. The van der Waals surface area contributed by atoms with Crippen LogP contribution in [0.5, 0.6) is 0 Å². The third-order valence-corrected chi connectivity index (χ3v) is 2.64. The molecule has 0 N–H and O–H groups in total. The van der Waals surface area contributed by atoms with E-state index < -0.39 is 0 Å². The lowest BCUT2D eigenvalue weighted by Crippen LogP contribution is -2.16. The van der Waals surface area contributed by atoms with Crippen LogP contribution in [-0.2, 0) is 16.0 Å². The van der Waals surface area contributed by atoms with E-state index in [-0.39, 0.29) is 0 Å². The fourth-order valence-corrected chi connectivity index (χ4v) is 1.67. The molecule has 0 spiro atoms. The zero-order valence-electron chi connectivity index (χ0n) is 12.6. The molecule has 1 fully saturated rings. The number of nitrogens with zero attached hydrogens (tertiary/aromatic N) is 2. The van der Waals surface area contributed by atoms with Crippen molar-refractivity contribution < 1.29 is 9.47 Å². The molecule has 0 unspecified atom stereocenters. The van der Waals surface area contributed by atoms with Crippen LogP contribution >= 0.6 is 0 Å². The average molecular weight is 266 g/mol. The highest BCUT2D eigenvalue weighted by atomic mass is 16.6. The minimum Gasteiger partial charge on any atom is -0.377 e. The normalized spacial score (nSPS) is 15.3. The van der Waals surface area contributed by atoms with E-state index in [0.717, 1.165) is 38.7 Å². The van der Waals surface area contributed by atoms with E-state index in [1.165, 1.54) is 5.69 Å². The maximum Gasteiger partial charge on any atom is 0.0701 e. The Kier molecular flexibility index (Phi) is 7.63. The van der Waals surface area contributed by atoms with Crippen molar-refractivity contribution in [3.05, 3.63) is 29.6 Å². The van der Waals surface area contributed by atoms with Crippen molar-refractivity contribution in [1.82, 2.24) is 9.88 Å². The van der Waals surface area contributed by atoms with E-state index in [1.807, 2.05) is 0 Å². The van der Waals surface area contributed by atoms with Gasteiger partial charge in [0, 0.05) is 12.2 Å². The molecule has 2 rings (SSSR count).